The number of benzene rings is 2. The lowest BCUT2D eigenvalue weighted by atomic mass is 10.0. The molecule has 29 heavy (non-hydrogen) atoms. The van der Waals surface area contributed by atoms with Crippen LogP contribution in [0.25, 0.3) is 11.4 Å². The lowest BCUT2D eigenvalue weighted by Crippen LogP contribution is -2.31. The van der Waals surface area contributed by atoms with Gasteiger partial charge in [-0.2, -0.15) is 4.80 Å². The molecule has 0 saturated heterocycles. The molecule has 3 aromatic rings. The Labute approximate surface area is 167 Å². The Morgan fingerprint density at radius 3 is 2.41 bits per heavy atom. The van der Waals surface area contributed by atoms with Crippen molar-refractivity contribution in [2.75, 3.05) is 11.9 Å². The molecule has 3 rings (SSSR count). The normalized spacial score (nSPS) is 11.8. The highest BCUT2D eigenvalue weighted by Gasteiger charge is 2.27. The van der Waals surface area contributed by atoms with Crippen LogP contribution >= 0.6 is 0 Å². The second-order valence-electron chi connectivity index (χ2n) is 6.68. The number of carbonyl (C=O) groups excluding carboxylic acids is 1. The number of aromatic nitrogens is 4. The van der Waals surface area contributed by atoms with Crippen molar-refractivity contribution in [3.05, 3.63) is 54.6 Å². The number of carboxylic acid groups (broad SMARTS) is 1. The molecule has 2 aromatic carbocycles. The van der Waals surface area contributed by atoms with E-state index in [0.29, 0.717) is 17.3 Å². The molecule has 9 heteroatoms. The molecule has 0 spiro atoms. The highest BCUT2D eigenvalue weighted by Crippen LogP contribution is 2.22. The number of nitrogens with one attached hydrogen (secondary N) is 1. The second-order valence-corrected chi connectivity index (χ2v) is 6.68. The van der Waals surface area contributed by atoms with E-state index >= 15 is 0 Å². The number of amides is 1. The van der Waals surface area contributed by atoms with Crippen LogP contribution in [-0.4, -0.2) is 43.8 Å². The van der Waals surface area contributed by atoms with Crippen LogP contribution in [0.1, 0.15) is 19.9 Å². The highest BCUT2D eigenvalue weighted by molar-refractivity contribution is 5.93. The van der Waals surface area contributed by atoms with Crippen molar-refractivity contribution in [1.29, 1.82) is 0 Å². The first kappa shape index (κ1) is 20.0. The molecule has 0 radical (unpaired) electrons. The van der Waals surface area contributed by atoms with Gasteiger partial charge in [-0.25, -0.2) is 4.79 Å². The number of tetrazole rings is 1. The van der Waals surface area contributed by atoms with Crippen LogP contribution in [0.5, 0.6) is 5.75 Å². The van der Waals surface area contributed by atoms with Crippen molar-refractivity contribution in [3.63, 3.8) is 0 Å². The van der Waals surface area contributed by atoms with E-state index in [9.17, 15) is 9.59 Å². The fourth-order valence-corrected chi connectivity index (χ4v) is 2.72. The van der Waals surface area contributed by atoms with Crippen molar-refractivity contribution in [3.8, 4) is 17.1 Å². The van der Waals surface area contributed by atoms with Crippen LogP contribution in [0, 0.1) is 5.92 Å². The zero-order chi connectivity index (χ0) is 20.8. The molecule has 1 unspecified atom stereocenters. The smallest absolute Gasteiger partial charge is 0.341 e. The topological polar surface area (TPSA) is 119 Å². The number of nitrogens with zero attached hydrogens (tertiary/aromatic N) is 4. The summed E-state index contributed by atoms with van der Waals surface area (Å²) in [4.78, 5) is 24.7. The molecule has 0 aliphatic heterocycles. The quantitative estimate of drug-likeness (QED) is 0.602. The van der Waals surface area contributed by atoms with E-state index < -0.39 is 18.6 Å². The zero-order valence-corrected chi connectivity index (χ0v) is 16.0. The minimum atomic E-state index is -1.06. The summed E-state index contributed by atoms with van der Waals surface area (Å²) in [6, 6.07) is 15.2. The lowest BCUT2D eigenvalue weighted by molar-refractivity contribution is -0.139. The number of hydrogen-bond donors (Lipinski definition) is 2. The third-order valence-electron chi connectivity index (χ3n) is 4.09. The summed E-state index contributed by atoms with van der Waals surface area (Å²) in [5, 5.41) is 24.0. The summed E-state index contributed by atoms with van der Waals surface area (Å²) < 4.78 is 5.08. The van der Waals surface area contributed by atoms with Crippen molar-refractivity contribution in [2.45, 2.75) is 19.9 Å². The molecule has 0 bridgehead atoms. The van der Waals surface area contributed by atoms with Crippen LogP contribution < -0.4 is 10.1 Å². The van der Waals surface area contributed by atoms with E-state index in [-0.39, 0.29) is 11.8 Å². The van der Waals surface area contributed by atoms with Gasteiger partial charge in [-0.05, 0) is 35.4 Å². The van der Waals surface area contributed by atoms with Gasteiger partial charge >= 0.3 is 5.97 Å². The number of ether oxygens (including phenoxy) is 1. The first-order valence-electron chi connectivity index (χ1n) is 9.04. The molecule has 0 aliphatic rings. The fraction of sp³-hybridized carbons (Fsp3) is 0.250. The molecule has 0 fully saturated rings. The van der Waals surface area contributed by atoms with Crippen LogP contribution in [0.4, 0.5) is 5.69 Å². The van der Waals surface area contributed by atoms with E-state index in [1.54, 1.807) is 24.3 Å². The summed E-state index contributed by atoms with van der Waals surface area (Å²) in [5.41, 5.74) is 1.37. The van der Waals surface area contributed by atoms with Crippen molar-refractivity contribution in [2.24, 2.45) is 5.92 Å². The molecule has 1 atom stereocenters. The molecular weight excluding hydrogens is 374 g/mol. The maximum Gasteiger partial charge on any atom is 0.341 e. The van der Waals surface area contributed by atoms with Gasteiger partial charge in [0.1, 0.15) is 5.75 Å². The zero-order valence-electron chi connectivity index (χ0n) is 16.0. The third kappa shape index (κ3) is 5.16. The van der Waals surface area contributed by atoms with Crippen molar-refractivity contribution >= 4 is 17.6 Å². The van der Waals surface area contributed by atoms with Gasteiger partial charge in [0.05, 0.1) is 0 Å². The summed E-state index contributed by atoms with van der Waals surface area (Å²) in [6.45, 7) is 3.38. The van der Waals surface area contributed by atoms with Gasteiger partial charge in [0.25, 0.3) is 5.91 Å². The monoisotopic (exact) mass is 395 g/mol. The molecule has 2 N–H and O–H groups in total. The lowest BCUT2D eigenvalue weighted by Gasteiger charge is -2.18. The minimum absolute atomic E-state index is 0.0778. The first-order chi connectivity index (χ1) is 13.9. The van der Waals surface area contributed by atoms with Gasteiger partial charge in [0.15, 0.2) is 12.6 Å². The standard InChI is InChI=1S/C20H21N5O4/c1-13(2)18(25-23-19(22-24-25)14-6-4-3-5-7-14)20(28)21-15-8-10-16(11-9-15)29-12-17(26)27/h3-11,13,18H,12H2,1-2H3,(H,21,28)(H,26,27). The average molecular weight is 395 g/mol. The fourth-order valence-electron chi connectivity index (χ4n) is 2.72. The Kier molecular flexibility index (Phi) is 6.18. The van der Waals surface area contributed by atoms with Gasteiger partial charge in [0.2, 0.25) is 5.82 Å². The van der Waals surface area contributed by atoms with Crippen LogP contribution in [0.15, 0.2) is 54.6 Å². The SMILES string of the molecule is CC(C)C(C(=O)Nc1ccc(OCC(=O)O)cc1)n1nnc(-c2ccccc2)n1. The molecule has 150 valence electrons. The Bertz CT molecular complexity index is 970. The number of carboxylic acids is 1. The van der Waals surface area contributed by atoms with E-state index in [2.05, 4.69) is 20.7 Å². The van der Waals surface area contributed by atoms with Crippen molar-refractivity contribution in [1.82, 2.24) is 20.2 Å². The molecule has 1 heterocycles. The number of anilines is 1. The molecule has 1 aromatic heterocycles. The minimum Gasteiger partial charge on any atom is -0.482 e. The van der Waals surface area contributed by atoms with Crippen LogP contribution in [-0.2, 0) is 9.59 Å². The van der Waals surface area contributed by atoms with Gasteiger partial charge < -0.3 is 15.2 Å². The molecule has 0 saturated carbocycles. The highest BCUT2D eigenvalue weighted by atomic mass is 16.5. The molecule has 0 aliphatic carbocycles. The van der Waals surface area contributed by atoms with Gasteiger partial charge in [-0.1, -0.05) is 44.2 Å². The number of carbonyl (C=O) groups is 2. The van der Waals surface area contributed by atoms with Crippen LogP contribution in [0.2, 0.25) is 0 Å². The predicted octanol–water partition coefficient (Wildman–Crippen LogP) is 2.64. The van der Waals surface area contributed by atoms with Gasteiger partial charge in [0, 0.05) is 11.3 Å². The first-order valence-corrected chi connectivity index (χ1v) is 9.04. The Hall–Kier alpha value is -3.75. The molecule has 1 amide bonds. The Morgan fingerprint density at radius 2 is 1.79 bits per heavy atom. The van der Waals surface area contributed by atoms with E-state index in [0.717, 1.165) is 5.56 Å². The van der Waals surface area contributed by atoms with Crippen LogP contribution in [0.3, 0.4) is 0 Å². The largest absolute Gasteiger partial charge is 0.482 e. The van der Waals surface area contributed by atoms with E-state index in [1.165, 1.54) is 4.80 Å². The number of rotatable bonds is 8. The van der Waals surface area contributed by atoms with Gasteiger partial charge in [-0.3, -0.25) is 4.79 Å². The maximum atomic E-state index is 12.9. The average Bonchev–Trinajstić information content (AvgIpc) is 3.17. The second kappa shape index (κ2) is 8.96. The summed E-state index contributed by atoms with van der Waals surface area (Å²) in [7, 11) is 0. The van der Waals surface area contributed by atoms with Gasteiger partial charge in [-0.15, -0.1) is 10.2 Å². The summed E-state index contributed by atoms with van der Waals surface area (Å²) in [6.07, 6.45) is 0. The Morgan fingerprint density at radius 1 is 1.10 bits per heavy atom. The number of hydrogen-bond acceptors (Lipinski definition) is 6. The van der Waals surface area contributed by atoms with Crippen molar-refractivity contribution < 1.29 is 19.4 Å². The number of aliphatic carboxylic acids is 1. The predicted molar refractivity (Wildman–Crippen MR) is 105 cm³/mol. The summed E-state index contributed by atoms with van der Waals surface area (Å²) >= 11 is 0. The maximum absolute atomic E-state index is 12.9. The Balaban J connectivity index is 1.72. The molecular formula is C20H21N5O4. The molecule has 9 nitrogen and oxygen atoms in total. The van der Waals surface area contributed by atoms with E-state index in [4.69, 9.17) is 9.84 Å². The third-order valence-corrected chi connectivity index (χ3v) is 4.09. The van der Waals surface area contributed by atoms with E-state index in [1.807, 2.05) is 44.2 Å². The summed E-state index contributed by atoms with van der Waals surface area (Å²) in [5.74, 6) is -0.570.